The first-order chi connectivity index (χ1) is 23.5. The van der Waals surface area contributed by atoms with Gasteiger partial charge in [0.15, 0.2) is 0 Å². The van der Waals surface area contributed by atoms with Crippen LogP contribution in [0.15, 0.2) is 95.1 Å². The quantitative estimate of drug-likeness (QED) is 0.381. The van der Waals surface area contributed by atoms with Crippen molar-refractivity contribution in [2.24, 2.45) is 17.8 Å². The number of benzene rings is 2. The molecule has 8 heterocycles. The molecule has 0 N–H and O–H groups in total. The Labute approximate surface area is 282 Å². The van der Waals surface area contributed by atoms with E-state index in [9.17, 15) is 4.79 Å². The lowest BCUT2D eigenvalue weighted by Crippen LogP contribution is -2.66. The van der Waals surface area contributed by atoms with Crippen LogP contribution in [0.1, 0.15) is 57.1 Å². The second kappa shape index (κ2) is 8.70. The fourth-order valence-corrected chi connectivity index (χ4v) is 14.0. The second-order valence-corrected chi connectivity index (χ2v) is 16.5. The molecule has 6 heteroatoms. The van der Waals surface area contributed by atoms with Gasteiger partial charge in [0.1, 0.15) is 0 Å². The van der Waals surface area contributed by atoms with Crippen molar-refractivity contribution >= 4 is 23.2 Å². The Kier molecular flexibility index (Phi) is 4.91. The Morgan fingerprint density at radius 3 is 2.38 bits per heavy atom. The molecule has 2 aliphatic carbocycles. The predicted octanol–water partition coefficient (Wildman–Crippen LogP) is 5.66. The highest BCUT2D eigenvalue weighted by Crippen LogP contribution is 2.68. The largest absolute Gasteiger partial charge is 0.304 e. The molecule has 4 saturated heterocycles. The fraction of sp³-hybridized carbons (Fsp3) is 0.476. The van der Waals surface area contributed by atoms with E-state index in [1.54, 1.807) is 5.57 Å². The smallest absolute Gasteiger partial charge is 0.255 e. The van der Waals surface area contributed by atoms with Crippen molar-refractivity contribution in [3.05, 3.63) is 106 Å². The SMILES string of the molecule is CC=C1CN2[C@@H](C3=C[C@@H]4[C@@H]5N(C3=O)c3ccccc3[C@@]53CCN5CC(=CC)[C@@H]4C[C@H]53)C[C@@]34c5ccccc5N5C(=O)CC=C([C@H]1C[C@H]23)[C@H]54. The van der Waals surface area contributed by atoms with Gasteiger partial charge < -0.3 is 9.80 Å². The fourth-order valence-electron chi connectivity index (χ4n) is 14.0. The number of allylic oxidation sites excluding steroid dienone is 2. The molecule has 4 bridgehead atoms. The maximum atomic E-state index is 15.5. The third-order valence-electron chi connectivity index (χ3n) is 15.5. The molecule has 0 aromatic heterocycles. The molecule has 12 rings (SSSR count). The molecule has 10 atom stereocenters. The van der Waals surface area contributed by atoms with Crippen LogP contribution in [0.2, 0.25) is 0 Å². The Bertz CT molecular complexity index is 2020. The summed E-state index contributed by atoms with van der Waals surface area (Å²) in [6.45, 7) is 7.51. The predicted molar refractivity (Wildman–Crippen MR) is 186 cm³/mol. The maximum absolute atomic E-state index is 15.5. The molecular formula is C42H42N4O2. The van der Waals surface area contributed by atoms with E-state index in [0.29, 0.717) is 36.3 Å². The van der Waals surface area contributed by atoms with Crippen LogP contribution in [-0.4, -0.2) is 71.5 Å². The number of nitrogens with zero attached hydrogens (tertiary/aromatic N) is 4. The zero-order chi connectivity index (χ0) is 31.8. The van der Waals surface area contributed by atoms with Crippen LogP contribution in [0.4, 0.5) is 11.4 Å². The van der Waals surface area contributed by atoms with Crippen LogP contribution in [0.3, 0.4) is 0 Å². The molecular weight excluding hydrogens is 592 g/mol. The van der Waals surface area contributed by atoms with Crippen molar-refractivity contribution in [2.75, 3.05) is 29.4 Å². The monoisotopic (exact) mass is 634 g/mol. The molecule has 2 aromatic carbocycles. The number of carbonyl (C=O) groups is 2. The molecule has 6 fully saturated rings. The lowest BCUT2D eigenvalue weighted by molar-refractivity contribution is -0.119. The standard InChI is InChI=1S/C42H42N4O2/c1-3-23-21-43-16-15-41-30-9-5-8-12-33(30)46-39(41)28(27(23)18-35(41)43)17-29(40(46)48)34-20-42-31-10-6-7-11-32(31)45-37(47)14-13-25(38(42)45)26-19-36(42)44(34)22-24(26)4-2/h3-13,17,26-28,34-36,38-39H,14-16,18-22H2,1-2H3/t26-,27-,28-,34+,35-,36-,38-,39-,41+,42+/m0/s1. The van der Waals surface area contributed by atoms with E-state index in [4.69, 9.17) is 0 Å². The summed E-state index contributed by atoms with van der Waals surface area (Å²) in [4.78, 5) is 39.3. The summed E-state index contributed by atoms with van der Waals surface area (Å²) in [6, 6.07) is 18.8. The normalized spacial score (nSPS) is 44.1. The average Bonchev–Trinajstić information content (AvgIpc) is 3.85. The molecule has 10 aliphatic rings. The van der Waals surface area contributed by atoms with Gasteiger partial charge in [0.05, 0.1) is 12.1 Å². The van der Waals surface area contributed by atoms with E-state index in [-0.39, 0.29) is 40.8 Å². The number of fused-ring (bicyclic) bond motifs is 8. The van der Waals surface area contributed by atoms with Gasteiger partial charge >= 0.3 is 0 Å². The number of piperidine rings is 2. The van der Waals surface area contributed by atoms with Crippen LogP contribution in [0.25, 0.3) is 0 Å². The summed E-state index contributed by atoms with van der Waals surface area (Å²) in [5.74, 6) is 1.62. The molecule has 6 nitrogen and oxygen atoms in total. The lowest BCUT2D eigenvalue weighted by atomic mass is 9.54. The molecule has 2 aromatic rings. The minimum atomic E-state index is -0.204. The summed E-state index contributed by atoms with van der Waals surface area (Å²) in [7, 11) is 0. The Morgan fingerprint density at radius 2 is 1.58 bits per heavy atom. The van der Waals surface area contributed by atoms with E-state index in [2.05, 4.69) is 106 Å². The van der Waals surface area contributed by atoms with Crippen molar-refractivity contribution in [2.45, 2.75) is 87.0 Å². The van der Waals surface area contributed by atoms with Gasteiger partial charge in [-0.25, -0.2) is 0 Å². The summed E-state index contributed by atoms with van der Waals surface area (Å²) in [5.41, 5.74) is 10.4. The van der Waals surface area contributed by atoms with Gasteiger partial charge in [-0.15, -0.1) is 0 Å². The summed E-state index contributed by atoms with van der Waals surface area (Å²) in [5, 5.41) is 0. The first-order valence-electron chi connectivity index (χ1n) is 18.6. The number of hydrogen-bond acceptors (Lipinski definition) is 4. The van der Waals surface area contributed by atoms with E-state index in [1.807, 2.05) is 0 Å². The Morgan fingerprint density at radius 1 is 0.833 bits per heavy atom. The minimum absolute atomic E-state index is 0.0145. The number of amides is 2. The van der Waals surface area contributed by atoms with Gasteiger partial charge in [-0.3, -0.25) is 19.4 Å². The zero-order valence-electron chi connectivity index (χ0n) is 27.8. The van der Waals surface area contributed by atoms with Crippen molar-refractivity contribution in [1.29, 1.82) is 0 Å². The molecule has 2 saturated carbocycles. The van der Waals surface area contributed by atoms with Gasteiger partial charge in [-0.1, -0.05) is 71.8 Å². The van der Waals surface area contributed by atoms with Crippen LogP contribution in [0, 0.1) is 17.8 Å². The molecule has 48 heavy (non-hydrogen) atoms. The number of anilines is 2. The number of rotatable bonds is 1. The molecule has 2 amide bonds. The number of carbonyl (C=O) groups excluding carboxylic acids is 2. The highest BCUT2D eigenvalue weighted by Gasteiger charge is 2.72. The average molecular weight is 635 g/mol. The minimum Gasteiger partial charge on any atom is -0.304 e. The lowest BCUT2D eigenvalue weighted by Gasteiger charge is -2.57. The molecule has 242 valence electrons. The zero-order valence-corrected chi connectivity index (χ0v) is 27.8. The van der Waals surface area contributed by atoms with Gasteiger partial charge in [-0.2, -0.15) is 0 Å². The van der Waals surface area contributed by atoms with E-state index < -0.39 is 0 Å². The van der Waals surface area contributed by atoms with Crippen LogP contribution in [0.5, 0.6) is 0 Å². The van der Waals surface area contributed by atoms with E-state index in [0.717, 1.165) is 50.2 Å². The highest BCUT2D eigenvalue weighted by molar-refractivity contribution is 6.10. The van der Waals surface area contributed by atoms with Gasteiger partial charge in [0.25, 0.3) is 5.91 Å². The highest BCUT2D eigenvalue weighted by atomic mass is 16.2. The summed E-state index contributed by atoms with van der Waals surface area (Å²) < 4.78 is 0. The number of para-hydroxylation sites is 2. The van der Waals surface area contributed by atoms with Crippen molar-refractivity contribution in [3.8, 4) is 0 Å². The third-order valence-corrected chi connectivity index (χ3v) is 15.5. The first kappa shape index (κ1) is 27.1. The van der Waals surface area contributed by atoms with Gasteiger partial charge in [0.2, 0.25) is 5.91 Å². The number of hydrogen-bond donors (Lipinski definition) is 0. The van der Waals surface area contributed by atoms with Crippen LogP contribution >= 0.6 is 0 Å². The van der Waals surface area contributed by atoms with Gasteiger partial charge in [-0.05, 0) is 80.8 Å². The van der Waals surface area contributed by atoms with Crippen molar-refractivity contribution in [1.82, 2.24) is 9.80 Å². The summed E-state index contributed by atoms with van der Waals surface area (Å²) in [6.07, 6.45) is 14.3. The maximum Gasteiger partial charge on any atom is 0.255 e. The van der Waals surface area contributed by atoms with Crippen molar-refractivity contribution in [3.63, 3.8) is 0 Å². The molecule has 8 aliphatic heterocycles. The summed E-state index contributed by atoms with van der Waals surface area (Å²) >= 11 is 0. The van der Waals surface area contributed by atoms with Crippen LogP contribution in [-0.2, 0) is 20.4 Å². The molecule has 2 spiro atoms. The third kappa shape index (κ3) is 2.73. The van der Waals surface area contributed by atoms with Crippen molar-refractivity contribution < 1.29 is 9.59 Å². The topological polar surface area (TPSA) is 47.1 Å². The molecule has 0 radical (unpaired) electrons. The van der Waals surface area contributed by atoms with Crippen LogP contribution < -0.4 is 9.80 Å². The second-order valence-electron chi connectivity index (χ2n) is 16.5. The first-order valence-corrected chi connectivity index (χ1v) is 18.6. The Hall–Kier alpha value is -3.74. The van der Waals surface area contributed by atoms with E-state index in [1.165, 1.54) is 34.4 Å². The van der Waals surface area contributed by atoms with E-state index >= 15 is 4.79 Å². The van der Waals surface area contributed by atoms with Gasteiger partial charge in [0, 0.05) is 77.2 Å². The Balaban J connectivity index is 1.07. The molecule has 0 unspecified atom stereocenters.